The second-order valence-corrected chi connectivity index (χ2v) is 4.85. The van der Waals surface area contributed by atoms with Crippen molar-refractivity contribution < 1.29 is 9.13 Å². The normalized spacial score (nSPS) is 11.7. The molecular weight excluding hydrogens is 295 g/mol. The van der Waals surface area contributed by atoms with Gasteiger partial charge in [0.15, 0.2) is 0 Å². The van der Waals surface area contributed by atoms with Crippen molar-refractivity contribution in [2.75, 3.05) is 12.4 Å². The second kappa shape index (κ2) is 6.83. The summed E-state index contributed by atoms with van der Waals surface area (Å²) in [7, 11) is 1.57. The largest absolute Gasteiger partial charge is 0.481 e. The Morgan fingerprint density at radius 2 is 1.83 bits per heavy atom. The predicted molar refractivity (Wildman–Crippen MR) is 84.7 cm³/mol. The van der Waals surface area contributed by atoms with E-state index in [2.05, 4.69) is 20.3 Å². The van der Waals surface area contributed by atoms with Crippen LogP contribution in [0.25, 0.3) is 0 Å². The van der Waals surface area contributed by atoms with Crippen LogP contribution in [0, 0.1) is 5.82 Å². The third-order valence-corrected chi connectivity index (χ3v) is 3.34. The maximum atomic E-state index is 13.2. The minimum absolute atomic E-state index is 0.264. The molecule has 1 atom stereocenters. The molecular formula is C17H15FN4O. The van der Waals surface area contributed by atoms with Crippen LogP contribution >= 0.6 is 0 Å². The lowest BCUT2D eigenvalue weighted by Gasteiger charge is -2.19. The Labute approximate surface area is 133 Å². The quantitative estimate of drug-likeness (QED) is 0.784. The molecule has 0 saturated carbocycles. The molecule has 3 aromatic rings. The van der Waals surface area contributed by atoms with Gasteiger partial charge in [0, 0.05) is 18.5 Å². The molecule has 0 radical (unpaired) electrons. The minimum atomic E-state index is -0.280. The summed E-state index contributed by atoms with van der Waals surface area (Å²) in [5.41, 5.74) is 2.41. The molecule has 1 aromatic carbocycles. The second-order valence-electron chi connectivity index (χ2n) is 4.85. The van der Waals surface area contributed by atoms with Gasteiger partial charge in [-0.05, 0) is 23.8 Å². The van der Waals surface area contributed by atoms with Gasteiger partial charge in [-0.25, -0.2) is 9.37 Å². The van der Waals surface area contributed by atoms with Crippen molar-refractivity contribution in [3.05, 3.63) is 78.3 Å². The monoisotopic (exact) mass is 310 g/mol. The van der Waals surface area contributed by atoms with Crippen LogP contribution in [0.15, 0.2) is 61.2 Å². The smallest absolute Gasteiger partial charge is 0.213 e. The Hall–Kier alpha value is -3.02. The molecule has 116 valence electrons. The van der Waals surface area contributed by atoms with E-state index < -0.39 is 0 Å². The highest BCUT2D eigenvalue weighted by atomic mass is 19.1. The number of hydrogen-bond acceptors (Lipinski definition) is 5. The van der Waals surface area contributed by atoms with Crippen LogP contribution < -0.4 is 10.1 Å². The molecule has 0 amide bonds. The van der Waals surface area contributed by atoms with E-state index in [0.717, 1.165) is 16.9 Å². The van der Waals surface area contributed by atoms with Gasteiger partial charge in [-0.1, -0.05) is 12.1 Å². The third kappa shape index (κ3) is 3.60. The van der Waals surface area contributed by atoms with Gasteiger partial charge < -0.3 is 10.1 Å². The van der Waals surface area contributed by atoms with E-state index in [-0.39, 0.29) is 11.9 Å². The van der Waals surface area contributed by atoms with E-state index in [0.29, 0.717) is 5.88 Å². The molecule has 0 spiro atoms. The van der Waals surface area contributed by atoms with E-state index >= 15 is 0 Å². The van der Waals surface area contributed by atoms with E-state index in [1.165, 1.54) is 12.1 Å². The molecule has 6 heteroatoms. The lowest BCUT2D eigenvalue weighted by atomic mass is 10.0. The number of hydrogen-bond donors (Lipinski definition) is 1. The average molecular weight is 310 g/mol. The molecule has 0 fully saturated rings. The standard InChI is InChI=1S/C17H15FN4O/c1-23-16-7-6-14(10-21-16)22-17(15-11-19-8-9-20-15)12-2-4-13(18)5-3-12/h2-11,17,22H,1H3. The molecule has 2 heterocycles. The number of benzene rings is 1. The summed E-state index contributed by atoms with van der Waals surface area (Å²) < 4.78 is 18.2. The molecule has 5 nitrogen and oxygen atoms in total. The lowest BCUT2D eigenvalue weighted by molar-refractivity contribution is 0.398. The number of rotatable bonds is 5. The predicted octanol–water partition coefficient (Wildman–Crippen LogP) is 3.22. The Balaban J connectivity index is 1.93. The lowest BCUT2D eigenvalue weighted by Crippen LogP contribution is -2.14. The van der Waals surface area contributed by atoms with Gasteiger partial charge in [0.2, 0.25) is 5.88 Å². The van der Waals surface area contributed by atoms with Crippen LogP contribution in [-0.2, 0) is 0 Å². The number of aromatic nitrogens is 3. The van der Waals surface area contributed by atoms with Crippen LogP contribution in [0.5, 0.6) is 5.88 Å². The molecule has 0 aliphatic rings. The van der Waals surface area contributed by atoms with Gasteiger partial charge in [-0.15, -0.1) is 0 Å². The Kier molecular flexibility index (Phi) is 4.42. The molecule has 0 aliphatic heterocycles. The number of nitrogens with zero attached hydrogens (tertiary/aromatic N) is 3. The van der Waals surface area contributed by atoms with Crippen LogP contribution in [0.3, 0.4) is 0 Å². The fourth-order valence-electron chi connectivity index (χ4n) is 2.20. The Morgan fingerprint density at radius 3 is 2.43 bits per heavy atom. The minimum Gasteiger partial charge on any atom is -0.481 e. The van der Waals surface area contributed by atoms with Crippen molar-refractivity contribution in [2.45, 2.75) is 6.04 Å². The first-order valence-corrected chi connectivity index (χ1v) is 7.04. The fraction of sp³-hybridized carbons (Fsp3) is 0.118. The van der Waals surface area contributed by atoms with Crippen molar-refractivity contribution in [3.63, 3.8) is 0 Å². The Bertz CT molecular complexity index is 748. The highest BCUT2D eigenvalue weighted by molar-refractivity contribution is 5.47. The summed E-state index contributed by atoms with van der Waals surface area (Å²) in [4.78, 5) is 12.6. The van der Waals surface area contributed by atoms with Gasteiger partial charge in [0.05, 0.1) is 36.9 Å². The summed E-state index contributed by atoms with van der Waals surface area (Å²) in [5.74, 6) is 0.256. The number of pyridine rings is 1. The molecule has 0 bridgehead atoms. The SMILES string of the molecule is COc1ccc(NC(c2ccc(F)cc2)c2cnccn2)cn1. The molecule has 23 heavy (non-hydrogen) atoms. The topological polar surface area (TPSA) is 59.9 Å². The molecule has 1 N–H and O–H groups in total. The zero-order chi connectivity index (χ0) is 16.1. The molecule has 3 rings (SSSR count). The van der Waals surface area contributed by atoms with E-state index in [9.17, 15) is 4.39 Å². The number of methoxy groups -OCH3 is 1. The number of ether oxygens (including phenoxy) is 1. The van der Waals surface area contributed by atoms with Crippen LogP contribution in [-0.4, -0.2) is 22.1 Å². The van der Waals surface area contributed by atoms with Gasteiger partial charge >= 0.3 is 0 Å². The first kappa shape index (κ1) is 14.9. The molecule has 1 unspecified atom stereocenters. The van der Waals surface area contributed by atoms with Crippen molar-refractivity contribution in [2.24, 2.45) is 0 Å². The van der Waals surface area contributed by atoms with Crippen LogP contribution in [0.1, 0.15) is 17.3 Å². The fourth-order valence-corrected chi connectivity index (χ4v) is 2.20. The van der Waals surface area contributed by atoms with Crippen molar-refractivity contribution in [1.29, 1.82) is 0 Å². The molecule has 2 aromatic heterocycles. The van der Waals surface area contributed by atoms with Gasteiger partial charge in [-0.2, -0.15) is 0 Å². The summed E-state index contributed by atoms with van der Waals surface area (Å²) in [6.07, 6.45) is 6.59. The van der Waals surface area contributed by atoms with E-state index in [1.807, 2.05) is 6.07 Å². The van der Waals surface area contributed by atoms with E-state index in [4.69, 9.17) is 4.74 Å². The van der Waals surface area contributed by atoms with Crippen molar-refractivity contribution >= 4 is 5.69 Å². The number of nitrogens with one attached hydrogen (secondary N) is 1. The summed E-state index contributed by atoms with van der Waals surface area (Å²) in [6, 6.07) is 9.65. The zero-order valence-corrected chi connectivity index (χ0v) is 12.5. The third-order valence-electron chi connectivity index (χ3n) is 3.34. The maximum Gasteiger partial charge on any atom is 0.213 e. The highest BCUT2D eigenvalue weighted by Crippen LogP contribution is 2.25. The Morgan fingerprint density at radius 1 is 1.00 bits per heavy atom. The number of halogens is 1. The highest BCUT2D eigenvalue weighted by Gasteiger charge is 2.16. The first-order valence-electron chi connectivity index (χ1n) is 7.04. The van der Waals surface area contributed by atoms with E-state index in [1.54, 1.807) is 50.1 Å². The van der Waals surface area contributed by atoms with Crippen LogP contribution in [0.4, 0.5) is 10.1 Å². The van der Waals surface area contributed by atoms with Gasteiger partial charge in [0.1, 0.15) is 5.82 Å². The van der Waals surface area contributed by atoms with Gasteiger partial charge in [0.25, 0.3) is 0 Å². The van der Waals surface area contributed by atoms with Crippen molar-refractivity contribution in [1.82, 2.24) is 15.0 Å². The van der Waals surface area contributed by atoms with Crippen LogP contribution in [0.2, 0.25) is 0 Å². The molecule has 0 aliphatic carbocycles. The molecule has 0 saturated heterocycles. The van der Waals surface area contributed by atoms with Crippen molar-refractivity contribution in [3.8, 4) is 5.88 Å². The average Bonchev–Trinajstić information content (AvgIpc) is 2.62. The summed E-state index contributed by atoms with van der Waals surface area (Å²) >= 11 is 0. The first-order chi connectivity index (χ1) is 11.3. The zero-order valence-electron chi connectivity index (χ0n) is 12.5. The maximum absolute atomic E-state index is 13.2. The van der Waals surface area contributed by atoms with Gasteiger partial charge in [-0.3, -0.25) is 9.97 Å². The summed E-state index contributed by atoms with van der Waals surface area (Å²) in [6.45, 7) is 0. The summed E-state index contributed by atoms with van der Waals surface area (Å²) in [5, 5.41) is 3.34. The number of anilines is 1.